The van der Waals surface area contributed by atoms with Gasteiger partial charge in [0.2, 0.25) is 0 Å². The summed E-state index contributed by atoms with van der Waals surface area (Å²) >= 11 is 1.85. The standard InChI is InChI=1S/C12H14F3NOS/c1-8-6-18-7-11(16-8)9-2-4-10(5-3-9)17-12(13,14)15/h2-5,8,11,16H,6-7H2,1H3. The number of hydrogen-bond donors (Lipinski definition) is 1. The lowest BCUT2D eigenvalue weighted by molar-refractivity contribution is -0.274. The Hall–Kier alpha value is -0.880. The van der Waals surface area contributed by atoms with Crippen molar-refractivity contribution in [2.45, 2.75) is 25.4 Å². The third-order valence-corrected chi connectivity index (χ3v) is 3.96. The van der Waals surface area contributed by atoms with Crippen molar-refractivity contribution in [3.05, 3.63) is 29.8 Å². The second-order valence-corrected chi connectivity index (χ2v) is 5.35. The monoisotopic (exact) mass is 277 g/mol. The van der Waals surface area contributed by atoms with Gasteiger partial charge in [0, 0.05) is 23.6 Å². The van der Waals surface area contributed by atoms with E-state index in [0.717, 1.165) is 17.1 Å². The zero-order chi connectivity index (χ0) is 13.2. The minimum absolute atomic E-state index is 0.178. The summed E-state index contributed by atoms with van der Waals surface area (Å²) in [5, 5.41) is 3.42. The van der Waals surface area contributed by atoms with Crippen LogP contribution in [0, 0.1) is 0 Å². The molecule has 2 unspecified atom stereocenters. The molecule has 0 spiro atoms. The molecule has 0 aromatic heterocycles. The summed E-state index contributed by atoms with van der Waals surface area (Å²) in [6, 6.07) is 6.68. The summed E-state index contributed by atoms with van der Waals surface area (Å²) < 4.78 is 39.9. The van der Waals surface area contributed by atoms with Crippen LogP contribution in [0.25, 0.3) is 0 Å². The molecule has 1 aliphatic rings. The number of halogens is 3. The van der Waals surface area contributed by atoms with E-state index in [4.69, 9.17) is 0 Å². The Balaban J connectivity index is 2.03. The predicted molar refractivity (Wildman–Crippen MR) is 65.8 cm³/mol. The minimum Gasteiger partial charge on any atom is -0.406 e. The van der Waals surface area contributed by atoms with Crippen LogP contribution in [0.3, 0.4) is 0 Å². The van der Waals surface area contributed by atoms with E-state index in [1.54, 1.807) is 12.1 Å². The lowest BCUT2D eigenvalue weighted by Gasteiger charge is -2.28. The van der Waals surface area contributed by atoms with Crippen molar-refractivity contribution in [3.63, 3.8) is 0 Å². The van der Waals surface area contributed by atoms with Crippen LogP contribution in [-0.4, -0.2) is 23.9 Å². The fourth-order valence-electron chi connectivity index (χ4n) is 1.90. The summed E-state index contributed by atoms with van der Waals surface area (Å²) in [4.78, 5) is 0. The molecule has 6 heteroatoms. The zero-order valence-electron chi connectivity index (χ0n) is 9.83. The van der Waals surface area contributed by atoms with Gasteiger partial charge >= 0.3 is 6.36 Å². The second kappa shape index (κ2) is 5.40. The quantitative estimate of drug-likeness (QED) is 0.895. The smallest absolute Gasteiger partial charge is 0.406 e. The van der Waals surface area contributed by atoms with Gasteiger partial charge < -0.3 is 10.1 Å². The maximum Gasteiger partial charge on any atom is 0.573 e. The fraction of sp³-hybridized carbons (Fsp3) is 0.500. The molecule has 1 saturated heterocycles. The SMILES string of the molecule is CC1CSCC(c2ccc(OC(F)(F)F)cc2)N1. The van der Waals surface area contributed by atoms with Crippen LogP contribution in [0.15, 0.2) is 24.3 Å². The summed E-state index contributed by atoms with van der Waals surface area (Å²) in [6.45, 7) is 2.10. The Morgan fingerprint density at radius 3 is 2.44 bits per heavy atom. The van der Waals surface area contributed by atoms with Crippen LogP contribution >= 0.6 is 11.8 Å². The Bertz CT molecular complexity index is 393. The molecular weight excluding hydrogens is 263 g/mol. The fourth-order valence-corrected chi connectivity index (χ4v) is 3.01. The van der Waals surface area contributed by atoms with Gasteiger partial charge in [0.1, 0.15) is 5.75 Å². The molecule has 0 saturated carbocycles. The van der Waals surface area contributed by atoms with Gasteiger partial charge in [-0.1, -0.05) is 12.1 Å². The van der Waals surface area contributed by atoms with E-state index in [9.17, 15) is 13.2 Å². The Labute approximate surface area is 108 Å². The Kier molecular flexibility index (Phi) is 4.07. The lowest BCUT2D eigenvalue weighted by Crippen LogP contribution is -2.37. The van der Waals surface area contributed by atoms with Gasteiger partial charge in [-0.15, -0.1) is 13.2 Å². The molecule has 1 aromatic rings. The number of nitrogens with one attached hydrogen (secondary N) is 1. The van der Waals surface area contributed by atoms with Crippen molar-refractivity contribution in [2.24, 2.45) is 0 Å². The van der Waals surface area contributed by atoms with Gasteiger partial charge in [0.15, 0.2) is 0 Å². The van der Waals surface area contributed by atoms with Gasteiger partial charge in [-0.25, -0.2) is 0 Å². The number of hydrogen-bond acceptors (Lipinski definition) is 3. The summed E-state index contributed by atoms with van der Waals surface area (Å²) in [6.07, 6.45) is -4.63. The molecule has 1 fully saturated rings. The van der Waals surface area contributed by atoms with E-state index >= 15 is 0 Å². The molecule has 2 atom stereocenters. The van der Waals surface area contributed by atoms with Crippen LogP contribution in [0.5, 0.6) is 5.75 Å². The first-order valence-corrected chi connectivity index (χ1v) is 6.79. The molecule has 1 N–H and O–H groups in total. The number of ether oxygens (including phenoxy) is 1. The molecule has 0 radical (unpaired) electrons. The van der Waals surface area contributed by atoms with Crippen molar-refractivity contribution in [1.82, 2.24) is 5.32 Å². The van der Waals surface area contributed by atoms with Crippen LogP contribution < -0.4 is 10.1 Å². The molecule has 100 valence electrons. The van der Waals surface area contributed by atoms with E-state index in [1.165, 1.54) is 12.1 Å². The molecule has 2 nitrogen and oxygen atoms in total. The molecule has 1 heterocycles. The summed E-state index contributed by atoms with van der Waals surface area (Å²) in [5.74, 6) is 1.82. The van der Waals surface area contributed by atoms with Gasteiger partial charge in [0.05, 0.1) is 0 Å². The van der Waals surface area contributed by atoms with Crippen molar-refractivity contribution in [3.8, 4) is 5.75 Å². The first kappa shape index (κ1) is 13.5. The number of rotatable bonds is 2. The highest BCUT2D eigenvalue weighted by Crippen LogP contribution is 2.27. The van der Waals surface area contributed by atoms with Crippen molar-refractivity contribution in [1.29, 1.82) is 0 Å². The van der Waals surface area contributed by atoms with E-state index < -0.39 is 6.36 Å². The molecule has 0 bridgehead atoms. The summed E-state index contributed by atoms with van der Waals surface area (Å²) in [7, 11) is 0. The largest absolute Gasteiger partial charge is 0.573 e. The van der Waals surface area contributed by atoms with Crippen LogP contribution in [0.1, 0.15) is 18.5 Å². The van der Waals surface area contributed by atoms with E-state index in [1.807, 2.05) is 11.8 Å². The highest BCUT2D eigenvalue weighted by Gasteiger charge is 2.31. The van der Waals surface area contributed by atoms with Crippen LogP contribution in [0.4, 0.5) is 13.2 Å². The first-order valence-electron chi connectivity index (χ1n) is 5.63. The third-order valence-electron chi connectivity index (χ3n) is 2.65. The third kappa shape index (κ3) is 3.81. The highest BCUT2D eigenvalue weighted by atomic mass is 32.2. The van der Waals surface area contributed by atoms with E-state index in [2.05, 4.69) is 17.0 Å². The normalized spacial score (nSPS) is 24.9. The van der Waals surface area contributed by atoms with Gasteiger partial charge in [-0.3, -0.25) is 0 Å². The summed E-state index contributed by atoms with van der Waals surface area (Å²) in [5.41, 5.74) is 0.989. The topological polar surface area (TPSA) is 21.3 Å². The number of thioether (sulfide) groups is 1. The maximum atomic E-state index is 12.0. The predicted octanol–water partition coefficient (Wildman–Crippen LogP) is 3.35. The second-order valence-electron chi connectivity index (χ2n) is 4.27. The van der Waals surface area contributed by atoms with Crippen molar-refractivity contribution >= 4 is 11.8 Å². The van der Waals surface area contributed by atoms with Crippen molar-refractivity contribution in [2.75, 3.05) is 11.5 Å². The van der Waals surface area contributed by atoms with Gasteiger partial charge in [0.25, 0.3) is 0 Å². The van der Waals surface area contributed by atoms with Crippen LogP contribution in [-0.2, 0) is 0 Å². The molecular formula is C12H14F3NOS. The van der Waals surface area contributed by atoms with Gasteiger partial charge in [-0.2, -0.15) is 11.8 Å². The molecule has 1 aromatic carbocycles. The molecule has 0 aliphatic carbocycles. The average Bonchev–Trinajstić information content (AvgIpc) is 2.28. The lowest BCUT2D eigenvalue weighted by atomic mass is 10.1. The zero-order valence-corrected chi connectivity index (χ0v) is 10.6. The Morgan fingerprint density at radius 1 is 1.22 bits per heavy atom. The van der Waals surface area contributed by atoms with Gasteiger partial charge in [-0.05, 0) is 24.6 Å². The molecule has 0 amide bonds. The molecule has 18 heavy (non-hydrogen) atoms. The first-order chi connectivity index (χ1) is 8.44. The number of alkyl halides is 3. The minimum atomic E-state index is -4.63. The van der Waals surface area contributed by atoms with E-state index in [0.29, 0.717) is 6.04 Å². The van der Waals surface area contributed by atoms with E-state index in [-0.39, 0.29) is 11.8 Å². The number of benzene rings is 1. The van der Waals surface area contributed by atoms with Crippen LogP contribution in [0.2, 0.25) is 0 Å². The highest BCUT2D eigenvalue weighted by molar-refractivity contribution is 7.99. The maximum absolute atomic E-state index is 12.0. The molecule has 2 rings (SSSR count). The average molecular weight is 277 g/mol. The van der Waals surface area contributed by atoms with Crippen molar-refractivity contribution < 1.29 is 17.9 Å². The Morgan fingerprint density at radius 2 is 1.89 bits per heavy atom. The molecule has 1 aliphatic heterocycles.